The van der Waals surface area contributed by atoms with Gasteiger partial charge in [-0.3, -0.25) is 0 Å². The van der Waals surface area contributed by atoms with Crippen molar-refractivity contribution in [1.29, 1.82) is 0 Å². The van der Waals surface area contributed by atoms with Crippen molar-refractivity contribution in [3.05, 3.63) is 0 Å². The van der Waals surface area contributed by atoms with Crippen LogP contribution in [0.1, 0.15) is 47.0 Å². The third kappa shape index (κ3) is 1.26. The van der Waals surface area contributed by atoms with E-state index in [9.17, 15) is 0 Å². The summed E-state index contributed by atoms with van der Waals surface area (Å²) < 4.78 is 0. The first-order valence-corrected chi connectivity index (χ1v) is 5.93. The molecule has 0 unspecified atom stereocenters. The second-order valence-corrected chi connectivity index (χ2v) is 6.69. The first-order chi connectivity index (χ1) is 6.26. The average Bonchev–Trinajstić information content (AvgIpc) is 2.51. The molecule has 2 fully saturated rings. The molecule has 2 saturated carbocycles. The van der Waals surface area contributed by atoms with Gasteiger partial charge in [-0.2, -0.15) is 0 Å². The van der Waals surface area contributed by atoms with Crippen LogP contribution in [0.25, 0.3) is 0 Å². The lowest BCUT2D eigenvalue weighted by molar-refractivity contribution is -0.0565. The van der Waals surface area contributed by atoms with Gasteiger partial charge >= 0.3 is 0 Å². The quantitative estimate of drug-likeness (QED) is 0.667. The smallest absolute Gasteiger partial charge is 0.0282 e. The highest BCUT2D eigenvalue weighted by Crippen LogP contribution is 2.69. The van der Waals surface area contributed by atoms with Crippen molar-refractivity contribution in [2.75, 3.05) is 14.1 Å². The molecule has 15 heavy (non-hydrogen) atoms. The van der Waals surface area contributed by atoms with Crippen molar-refractivity contribution >= 4 is 12.4 Å². The molecule has 0 aromatic rings. The highest BCUT2D eigenvalue weighted by molar-refractivity contribution is 5.85. The van der Waals surface area contributed by atoms with Gasteiger partial charge in [-0.25, -0.2) is 0 Å². The molecule has 2 bridgehead atoms. The normalized spacial score (nSPS) is 47.0. The first kappa shape index (κ1) is 13.3. The Labute approximate surface area is 101 Å². The zero-order valence-electron chi connectivity index (χ0n) is 11.1. The van der Waals surface area contributed by atoms with Crippen molar-refractivity contribution < 1.29 is 0 Å². The van der Waals surface area contributed by atoms with Crippen LogP contribution < -0.4 is 0 Å². The zero-order chi connectivity index (χ0) is 10.8. The van der Waals surface area contributed by atoms with E-state index in [0.717, 1.165) is 5.92 Å². The lowest BCUT2D eigenvalue weighted by Crippen LogP contribution is -2.60. The molecule has 0 saturated heterocycles. The molecule has 2 heteroatoms. The number of hydrogen-bond acceptors (Lipinski definition) is 1. The topological polar surface area (TPSA) is 3.24 Å². The van der Waals surface area contributed by atoms with Crippen LogP contribution >= 0.6 is 12.4 Å². The summed E-state index contributed by atoms with van der Waals surface area (Å²) in [5.74, 6) is 0.944. The van der Waals surface area contributed by atoms with Gasteiger partial charge in [-0.1, -0.05) is 20.8 Å². The Bertz CT molecular complexity index is 255. The van der Waals surface area contributed by atoms with Crippen LogP contribution in [0.2, 0.25) is 0 Å². The van der Waals surface area contributed by atoms with E-state index in [2.05, 4.69) is 46.7 Å². The van der Waals surface area contributed by atoms with Gasteiger partial charge in [0, 0.05) is 5.54 Å². The van der Waals surface area contributed by atoms with Crippen LogP contribution in [0.3, 0.4) is 0 Å². The molecule has 2 rings (SSSR count). The predicted octanol–water partition coefficient (Wildman–Crippen LogP) is 3.57. The Kier molecular flexibility index (Phi) is 2.99. The summed E-state index contributed by atoms with van der Waals surface area (Å²) in [5, 5.41) is 0. The number of rotatable bonds is 1. The fourth-order valence-corrected chi connectivity index (χ4v) is 4.59. The van der Waals surface area contributed by atoms with E-state index in [0.29, 0.717) is 16.4 Å². The summed E-state index contributed by atoms with van der Waals surface area (Å²) >= 11 is 0. The SMILES string of the molecule is CN(C)[C@]1(C)C(C)(C)[C@H]2CC[C@]1(C)C2.Cl. The van der Waals surface area contributed by atoms with Gasteiger partial charge in [0.1, 0.15) is 0 Å². The lowest BCUT2D eigenvalue weighted by Gasteiger charge is -2.56. The minimum Gasteiger partial charge on any atom is -0.303 e. The molecule has 0 radical (unpaired) electrons. The van der Waals surface area contributed by atoms with E-state index in [1.54, 1.807) is 0 Å². The third-order valence-corrected chi connectivity index (χ3v) is 6.09. The second kappa shape index (κ2) is 3.37. The van der Waals surface area contributed by atoms with Gasteiger partial charge in [0.2, 0.25) is 0 Å². The summed E-state index contributed by atoms with van der Waals surface area (Å²) in [5.41, 5.74) is 1.40. The summed E-state index contributed by atoms with van der Waals surface area (Å²) in [4.78, 5) is 2.48. The summed E-state index contributed by atoms with van der Waals surface area (Å²) in [6.45, 7) is 9.93. The second-order valence-electron chi connectivity index (χ2n) is 6.69. The molecule has 90 valence electrons. The van der Waals surface area contributed by atoms with Gasteiger partial charge in [-0.15, -0.1) is 12.4 Å². The van der Waals surface area contributed by atoms with Crippen LogP contribution in [0.4, 0.5) is 0 Å². The third-order valence-electron chi connectivity index (χ3n) is 6.09. The molecule has 0 aromatic heterocycles. The maximum atomic E-state index is 2.50. The van der Waals surface area contributed by atoms with E-state index in [1.165, 1.54) is 19.3 Å². The molecule has 2 aliphatic rings. The van der Waals surface area contributed by atoms with Crippen LogP contribution in [0, 0.1) is 16.7 Å². The Morgan fingerprint density at radius 2 is 1.60 bits per heavy atom. The highest BCUT2D eigenvalue weighted by atomic mass is 35.5. The van der Waals surface area contributed by atoms with Crippen LogP contribution in [-0.2, 0) is 0 Å². The van der Waals surface area contributed by atoms with Crippen LogP contribution in [0.15, 0.2) is 0 Å². The van der Waals surface area contributed by atoms with Gasteiger partial charge in [0.15, 0.2) is 0 Å². The predicted molar refractivity (Wildman–Crippen MR) is 68.6 cm³/mol. The van der Waals surface area contributed by atoms with E-state index in [-0.39, 0.29) is 12.4 Å². The summed E-state index contributed by atoms with van der Waals surface area (Å²) in [7, 11) is 4.52. The van der Waals surface area contributed by atoms with Crippen molar-refractivity contribution in [2.24, 2.45) is 16.7 Å². The Hall–Kier alpha value is 0.250. The van der Waals surface area contributed by atoms with Gasteiger partial charge in [0.05, 0.1) is 0 Å². The first-order valence-electron chi connectivity index (χ1n) is 5.93. The van der Waals surface area contributed by atoms with E-state index in [4.69, 9.17) is 0 Å². The van der Waals surface area contributed by atoms with E-state index in [1.807, 2.05) is 0 Å². The van der Waals surface area contributed by atoms with Crippen molar-refractivity contribution in [3.8, 4) is 0 Å². The standard InChI is InChI=1S/C13H25N.ClH/c1-11(2)10-7-8-12(3,9-10)13(11,4)14(5)6;/h10H,7-9H2,1-6H3;1H/t10-,12+,13+;/m0./s1. The monoisotopic (exact) mass is 231 g/mol. The number of nitrogens with zero attached hydrogens (tertiary/aromatic N) is 1. The fourth-order valence-electron chi connectivity index (χ4n) is 4.59. The maximum absolute atomic E-state index is 2.50. The largest absolute Gasteiger partial charge is 0.303 e. The Balaban J connectivity index is 0.00000112. The minimum atomic E-state index is 0. The number of fused-ring (bicyclic) bond motifs is 2. The highest BCUT2D eigenvalue weighted by Gasteiger charge is 2.67. The zero-order valence-corrected chi connectivity index (χ0v) is 11.9. The van der Waals surface area contributed by atoms with Crippen molar-refractivity contribution in [1.82, 2.24) is 4.90 Å². The van der Waals surface area contributed by atoms with Gasteiger partial charge < -0.3 is 4.90 Å². The molecule has 0 spiro atoms. The molecular weight excluding hydrogens is 206 g/mol. The van der Waals surface area contributed by atoms with E-state index < -0.39 is 0 Å². The number of halogens is 1. The fraction of sp³-hybridized carbons (Fsp3) is 1.00. The summed E-state index contributed by atoms with van der Waals surface area (Å²) in [6.07, 6.45) is 4.32. The molecule has 3 atom stereocenters. The molecule has 0 amide bonds. The molecule has 0 heterocycles. The summed E-state index contributed by atoms with van der Waals surface area (Å²) in [6, 6.07) is 0. The van der Waals surface area contributed by atoms with Gasteiger partial charge in [-0.05, 0) is 57.0 Å². The van der Waals surface area contributed by atoms with Crippen LogP contribution in [-0.4, -0.2) is 24.5 Å². The molecule has 2 aliphatic carbocycles. The maximum Gasteiger partial charge on any atom is 0.0282 e. The van der Waals surface area contributed by atoms with Crippen molar-refractivity contribution in [2.45, 2.75) is 52.5 Å². The molecule has 1 nitrogen and oxygen atoms in total. The lowest BCUT2D eigenvalue weighted by atomic mass is 9.58. The minimum absolute atomic E-state index is 0. The molecule has 0 aliphatic heterocycles. The molecular formula is C13H26ClN. The van der Waals surface area contributed by atoms with Crippen molar-refractivity contribution in [3.63, 3.8) is 0 Å². The molecule has 0 N–H and O–H groups in total. The Morgan fingerprint density at radius 1 is 1.07 bits per heavy atom. The Morgan fingerprint density at radius 3 is 1.87 bits per heavy atom. The number of hydrogen-bond donors (Lipinski definition) is 0. The van der Waals surface area contributed by atoms with Gasteiger partial charge in [0.25, 0.3) is 0 Å². The van der Waals surface area contributed by atoms with E-state index >= 15 is 0 Å². The molecule has 0 aromatic carbocycles. The average molecular weight is 232 g/mol. The van der Waals surface area contributed by atoms with Crippen LogP contribution in [0.5, 0.6) is 0 Å².